The molecule has 0 heterocycles. The zero-order chi connectivity index (χ0) is 11.6. The van der Waals surface area contributed by atoms with E-state index in [-0.39, 0.29) is 17.4 Å². The molecule has 1 unspecified atom stereocenters. The lowest BCUT2D eigenvalue weighted by molar-refractivity contribution is -0.130. The Bertz CT molecular complexity index is 228. The van der Waals surface area contributed by atoms with Crippen molar-refractivity contribution in [2.45, 2.75) is 58.5 Å². The third-order valence-electron chi connectivity index (χ3n) is 2.80. The molecule has 0 spiro atoms. The van der Waals surface area contributed by atoms with Gasteiger partial charge in [0.2, 0.25) is 5.91 Å². The molecule has 1 rings (SSSR count). The summed E-state index contributed by atoms with van der Waals surface area (Å²) in [6, 6.07) is 0.498. The van der Waals surface area contributed by atoms with Gasteiger partial charge in [0, 0.05) is 25.6 Å². The lowest BCUT2D eigenvalue weighted by Gasteiger charge is -2.24. The van der Waals surface area contributed by atoms with Crippen molar-refractivity contribution in [3.05, 3.63) is 0 Å². The topological polar surface area (TPSA) is 46.3 Å². The number of hydrogen-bond donors (Lipinski definition) is 1. The van der Waals surface area contributed by atoms with Crippen molar-refractivity contribution in [3.8, 4) is 0 Å². The molecule has 0 saturated heterocycles. The highest BCUT2D eigenvalue weighted by atomic mass is 16.2. The van der Waals surface area contributed by atoms with Gasteiger partial charge in [0.1, 0.15) is 0 Å². The Labute approximate surface area is 93.0 Å². The van der Waals surface area contributed by atoms with E-state index in [1.165, 1.54) is 0 Å². The normalized spacial score (nSPS) is 18.7. The number of amides is 1. The summed E-state index contributed by atoms with van der Waals surface area (Å²) in [5.41, 5.74) is 6.18. The van der Waals surface area contributed by atoms with Gasteiger partial charge in [-0.1, -0.05) is 20.8 Å². The van der Waals surface area contributed by atoms with Gasteiger partial charge in [-0.15, -0.1) is 0 Å². The molecule has 0 aliphatic heterocycles. The molecule has 0 aromatic heterocycles. The maximum absolute atomic E-state index is 11.8. The second-order valence-electron chi connectivity index (χ2n) is 5.96. The van der Waals surface area contributed by atoms with Crippen LogP contribution in [-0.4, -0.2) is 29.9 Å². The fourth-order valence-corrected chi connectivity index (χ4v) is 1.89. The first kappa shape index (κ1) is 12.5. The lowest BCUT2D eigenvalue weighted by Crippen LogP contribution is -2.36. The highest BCUT2D eigenvalue weighted by Crippen LogP contribution is 2.27. The quantitative estimate of drug-likeness (QED) is 0.772. The summed E-state index contributed by atoms with van der Waals surface area (Å²) >= 11 is 0. The molecule has 2 N–H and O–H groups in total. The number of carbonyl (C=O) groups excluding carboxylic acids is 1. The summed E-state index contributed by atoms with van der Waals surface area (Å²) in [4.78, 5) is 13.6. The Morgan fingerprint density at radius 2 is 2.00 bits per heavy atom. The first-order valence-corrected chi connectivity index (χ1v) is 5.81. The molecule has 0 aromatic rings. The number of hydrogen-bond acceptors (Lipinski definition) is 2. The van der Waals surface area contributed by atoms with Gasteiger partial charge in [0.15, 0.2) is 0 Å². The largest absolute Gasteiger partial charge is 0.343 e. The highest BCUT2D eigenvalue weighted by Gasteiger charge is 2.30. The molecule has 1 fully saturated rings. The average molecular weight is 212 g/mol. The summed E-state index contributed by atoms with van der Waals surface area (Å²) in [5.74, 6) is 0.203. The minimum absolute atomic E-state index is 0.00120. The zero-order valence-corrected chi connectivity index (χ0v) is 10.4. The average Bonchev–Trinajstić information content (AvgIpc) is 2.80. The van der Waals surface area contributed by atoms with Gasteiger partial charge in [-0.05, 0) is 24.7 Å². The van der Waals surface area contributed by atoms with Crippen LogP contribution in [0.2, 0.25) is 0 Å². The van der Waals surface area contributed by atoms with Crippen molar-refractivity contribution in [3.63, 3.8) is 0 Å². The van der Waals surface area contributed by atoms with Crippen LogP contribution >= 0.6 is 0 Å². The smallest absolute Gasteiger partial charge is 0.224 e. The van der Waals surface area contributed by atoms with E-state index in [1.54, 1.807) is 0 Å². The number of carbonyl (C=O) groups is 1. The second kappa shape index (κ2) is 4.52. The van der Waals surface area contributed by atoms with Crippen molar-refractivity contribution >= 4 is 5.91 Å². The fraction of sp³-hybridized carbons (Fsp3) is 0.917. The van der Waals surface area contributed by atoms with E-state index >= 15 is 0 Å². The molecule has 0 bridgehead atoms. The van der Waals surface area contributed by atoms with Crippen LogP contribution in [0.25, 0.3) is 0 Å². The third kappa shape index (κ3) is 4.65. The van der Waals surface area contributed by atoms with Crippen LogP contribution in [0.3, 0.4) is 0 Å². The Morgan fingerprint density at radius 3 is 2.40 bits per heavy atom. The standard InChI is InChI=1S/C12H24N2O/c1-12(2,3)8-9(13)7-11(15)14(4)10-5-6-10/h9-10H,5-8,13H2,1-4H3. The molecule has 1 aliphatic carbocycles. The minimum Gasteiger partial charge on any atom is -0.343 e. The maximum atomic E-state index is 11.8. The van der Waals surface area contributed by atoms with Crippen LogP contribution in [0.15, 0.2) is 0 Å². The summed E-state index contributed by atoms with van der Waals surface area (Å²) < 4.78 is 0. The van der Waals surface area contributed by atoms with Gasteiger partial charge < -0.3 is 10.6 Å². The number of nitrogens with two attached hydrogens (primary N) is 1. The zero-order valence-electron chi connectivity index (χ0n) is 10.4. The molecule has 3 heteroatoms. The van der Waals surface area contributed by atoms with Crippen LogP contribution in [0.4, 0.5) is 0 Å². The summed E-state index contributed by atoms with van der Waals surface area (Å²) in [7, 11) is 1.89. The maximum Gasteiger partial charge on any atom is 0.224 e. The second-order valence-corrected chi connectivity index (χ2v) is 5.96. The van der Waals surface area contributed by atoms with Crippen molar-refractivity contribution in [1.82, 2.24) is 4.90 Å². The van der Waals surface area contributed by atoms with Crippen molar-refractivity contribution in [2.75, 3.05) is 7.05 Å². The molecule has 3 nitrogen and oxygen atoms in total. The molecule has 15 heavy (non-hydrogen) atoms. The van der Waals surface area contributed by atoms with Gasteiger partial charge in [-0.2, -0.15) is 0 Å². The Kier molecular flexibility index (Phi) is 3.77. The van der Waals surface area contributed by atoms with E-state index in [0.29, 0.717) is 12.5 Å². The van der Waals surface area contributed by atoms with Gasteiger partial charge in [-0.3, -0.25) is 4.79 Å². The van der Waals surface area contributed by atoms with Gasteiger partial charge in [0.05, 0.1) is 0 Å². The molecular formula is C12H24N2O. The van der Waals surface area contributed by atoms with E-state index in [1.807, 2.05) is 11.9 Å². The van der Waals surface area contributed by atoms with Crippen LogP contribution in [-0.2, 0) is 4.79 Å². The van der Waals surface area contributed by atoms with Gasteiger partial charge in [0.25, 0.3) is 0 Å². The monoisotopic (exact) mass is 212 g/mol. The SMILES string of the molecule is CN(C(=O)CC(N)CC(C)(C)C)C1CC1. The van der Waals surface area contributed by atoms with Crippen molar-refractivity contribution in [1.29, 1.82) is 0 Å². The lowest BCUT2D eigenvalue weighted by atomic mass is 9.87. The van der Waals surface area contributed by atoms with Crippen LogP contribution < -0.4 is 5.73 Å². The molecule has 1 saturated carbocycles. The summed E-state index contributed by atoms with van der Waals surface area (Å²) in [5, 5.41) is 0. The van der Waals surface area contributed by atoms with Crippen LogP contribution in [0.1, 0.15) is 46.5 Å². The molecule has 88 valence electrons. The van der Waals surface area contributed by atoms with Crippen molar-refractivity contribution in [2.24, 2.45) is 11.1 Å². The van der Waals surface area contributed by atoms with E-state index in [0.717, 1.165) is 19.3 Å². The summed E-state index contributed by atoms with van der Waals surface area (Å²) in [6.07, 6.45) is 3.72. The number of rotatable bonds is 4. The van der Waals surface area contributed by atoms with Crippen LogP contribution in [0, 0.1) is 5.41 Å². The van der Waals surface area contributed by atoms with Gasteiger partial charge >= 0.3 is 0 Å². The Morgan fingerprint density at radius 1 is 1.47 bits per heavy atom. The highest BCUT2D eigenvalue weighted by molar-refractivity contribution is 5.77. The number of nitrogens with zero attached hydrogens (tertiary/aromatic N) is 1. The predicted octanol–water partition coefficient (Wildman–Crippen LogP) is 1.76. The fourth-order valence-electron chi connectivity index (χ4n) is 1.89. The minimum atomic E-state index is -0.00120. The third-order valence-corrected chi connectivity index (χ3v) is 2.80. The molecule has 1 amide bonds. The van der Waals surface area contributed by atoms with E-state index < -0.39 is 0 Å². The van der Waals surface area contributed by atoms with Gasteiger partial charge in [-0.25, -0.2) is 0 Å². The van der Waals surface area contributed by atoms with E-state index in [9.17, 15) is 4.79 Å². The van der Waals surface area contributed by atoms with E-state index in [2.05, 4.69) is 20.8 Å². The predicted molar refractivity (Wildman–Crippen MR) is 62.5 cm³/mol. The first-order valence-electron chi connectivity index (χ1n) is 5.81. The molecule has 0 radical (unpaired) electrons. The van der Waals surface area contributed by atoms with Crippen LogP contribution in [0.5, 0.6) is 0 Å². The Balaban J connectivity index is 2.30. The Hall–Kier alpha value is -0.570. The summed E-state index contributed by atoms with van der Waals surface area (Å²) in [6.45, 7) is 6.46. The molecular weight excluding hydrogens is 188 g/mol. The van der Waals surface area contributed by atoms with Crippen molar-refractivity contribution < 1.29 is 4.79 Å². The molecule has 1 atom stereocenters. The first-order chi connectivity index (χ1) is 6.79. The van der Waals surface area contributed by atoms with E-state index in [4.69, 9.17) is 5.73 Å². The molecule has 0 aromatic carbocycles. The molecule has 1 aliphatic rings.